The Morgan fingerprint density at radius 3 is 2.78 bits per heavy atom. The van der Waals surface area contributed by atoms with Crippen molar-refractivity contribution in [2.24, 2.45) is 5.92 Å². The molecule has 0 saturated carbocycles. The highest BCUT2D eigenvalue weighted by molar-refractivity contribution is 7.99. The number of carbonyl (C=O) groups is 2. The molecule has 0 aromatic carbocycles. The summed E-state index contributed by atoms with van der Waals surface area (Å²) in [6.45, 7) is 4.26. The number of pyridine rings is 1. The van der Waals surface area contributed by atoms with Gasteiger partial charge in [-0.15, -0.1) is 23.1 Å². The minimum atomic E-state index is -0.390. The number of carbonyl (C=O) groups excluding carboxylic acids is 2. The van der Waals surface area contributed by atoms with Gasteiger partial charge in [-0.3, -0.25) is 4.79 Å². The molecule has 0 atom stereocenters. The number of hydrogen-bond donors (Lipinski definition) is 1. The maximum atomic E-state index is 12.7. The van der Waals surface area contributed by atoms with Gasteiger partial charge < -0.3 is 10.1 Å². The fourth-order valence-electron chi connectivity index (χ4n) is 3.78. The summed E-state index contributed by atoms with van der Waals surface area (Å²) < 4.78 is 5.00. The quantitative estimate of drug-likeness (QED) is 0.315. The second kappa shape index (κ2) is 11.5. The number of aromatic nitrogens is 1. The van der Waals surface area contributed by atoms with Crippen molar-refractivity contribution >= 4 is 40.0 Å². The van der Waals surface area contributed by atoms with Crippen molar-refractivity contribution in [1.82, 2.24) is 4.98 Å². The molecule has 0 unspecified atom stereocenters. The molecule has 32 heavy (non-hydrogen) atoms. The fourth-order valence-corrected chi connectivity index (χ4v) is 6.01. The van der Waals surface area contributed by atoms with Gasteiger partial charge >= 0.3 is 5.97 Å². The lowest BCUT2D eigenvalue weighted by atomic mass is 10.1. The van der Waals surface area contributed by atoms with E-state index in [-0.39, 0.29) is 18.3 Å². The third kappa shape index (κ3) is 6.11. The first kappa shape index (κ1) is 24.3. The second-order valence-electron chi connectivity index (χ2n) is 8.27. The summed E-state index contributed by atoms with van der Waals surface area (Å²) in [5.74, 6) is 0.427. The predicted molar refractivity (Wildman–Crippen MR) is 128 cm³/mol. The summed E-state index contributed by atoms with van der Waals surface area (Å²) in [6, 6.07) is 5.87. The molecule has 1 amide bonds. The lowest BCUT2D eigenvalue weighted by Gasteiger charge is -2.09. The molecule has 0 fully saturated rings. The maximum Gasteiger partial charge on any atom is 0.341 e. The molecule has 0 saturated heterocycles. The van der Waals surface area contributed by atoms with Crippen LogP contribution >= 0.6 is 23.1 Å². The Bertz CT molecular complexity index is 1020. The van der Waals surface area contributed by atoms with E-state index in [4.69, 9.17) is 4.74 Å². The summed E-state index contributed by atoms with van der Waals surface area (Å²) in [7, 11) is 1.37. The Balaban J connectivity index is 1.66. The molecule has 0 aliphatic heterocycles. The Kier molecular flexibility index (Phi) is 8.71. The zero-order valence-electron chi connectivity index (χ0n) is 18.8. The van der Waals surface area contributed by atoms with Crippen LogP contribution in [0.3, 0.4) is 0 Å². The Labute approximate surface area is 197 Å². The molecule has 1 aliphatic rings. The molecule has 0 radical (unpaired) electrons. The van der Waals surface area contributed by atoms with Crippen LogP contribution < -0.4 is 5.32 Å². The van der Waals surface area contributed by atoms with Crippen LogP contribution in [0.5, 0.6) is 0 Å². The molecule has 3 rings (SSSR count). The zero-order valence-corrected chi connectivity index (χ0v) is 20.5. The van der Waals surface area contributed by atoms with Gasteiger partial charge in [0.15, 0.2) is 0 Å². The van der Waals surface area contributed by atoms with Crippen LogP contribution in [0.1, 0.15) is 71.6 Å². The van der Waals surface area contributed by atoms with E-state index in [0.29, 0.717) is 32.8 Å². The number of nitriles is 1. The molecule has 0 spiro atoms. The normalized spacial score (nSPS) is 13.2. The standard InChI is InChI=1S/C24H29N3O3S2/c1-15(2)13-17-10-9-16(14-25)22(26-17)31-12-11-20(28)27-23-21(24(29)30-3)18-7-5-4-6-8-19(18)32-23/h9-10,15H,4-8,11-13H2,1-3H3,(H,27,28). The number of nitrogens with one attached hydrogen (secondary N) is 1. The van der Waals surface area contributed by atoms with Gasteiger partial charge in [0.05, 0.1) is 18.2 Å². The molecule has 8 heteroatoms. The molecule has 2 aromatic heterocycles. The van der Waals surface area contributed by atoms with E-state index in [1.165, 1.54) is 35.1 Å². The topological polar surface area (TPSA) is 92.1 Å². The van der Waals surface area contributed by atoms with Crippen molar-refractivity contribution in [3.05, 3.63) is 39.4 Å². The van der Waals surface area contributed by atoms with Crippen LogP contribution in [0.25, 0.3) is 0 Å². The van der Waals surface area contributed by atoms with Crippen LogP contribution in [0.2, 0.25) is 0 Å². The number of thioether (sulfide) groups is 1. The van der Waals surface area contributed by atoms with Crippen LogP contribution in [-0.2, 0) is 28.8 Å². The minimum absolute atomic E-state index is 0.157. The largest absolute Gasteiger partial charge is 0.465 e. The smallest absolute Gasteiger partial charge is 0.341 e. The SMILES string of the molecule is COC(=O)c1c(NC(=O)CCSc2nc(CC(C)C)ccc2C#N)sc2c1CCCCC2. The Morgan fingerprint density at radius 1 is 1.28 bits per heavy atom. The van der Waals surface area contributed by atoms with E-state index in [1.54, 1.807) is 6.07 Å². The first-order chi connectivity index (χ1) is 15.4. The number of anilines is 1. The number of fused-ring (bicyclic) bond motifs is 1. The van der Waals surface area contributed by atoms with Crippen molar-refractivity contribution < 1.29 is 14.3 Å². The average molecular weight is 472 g/mol. The lowest BCUT2D eigenvalue weighted by Crippen LogP contribution is -2.15. The third-order valence-electron chi connectivity index (χ3n) is 5.29. The van der Waals surface area contributed by atoms with E-state index in [9.17, 15) is 14.9 Å². The van der Waals surface area contributed by atoms with Crippen LogP contribution in [0, 0.1) is 17.2 Å². The number of hydrogen-bond acceptors (Lipinski definition) is 7. The maximum absolute atomic E-state index is 12.7. The van der Waals surface area contributed by atoms with Gasteiger partial charge in [-0.05, 0) is 55.7 Å². The zero-order chi connectivity index (χ0) is 23.1. The first-order valence-corrected chi connectivity index (χ1v) is 12.8. The fraction of sp³-hybridized carbons (Fsp3) is 0.500. The van der Waals surface area contributed by atoms with Crippen molar-refractivity contribution in [3.63, 3.8) is 0 Å². The lowest BCUT2D eigenvalue weighted by molar-refractivity contribution is -0.115. The van der Waals surface area contributed by atoms with Gasteiger partial charge in [0.1, 0.15) is 16.1 Å². The van der Waals surface area contributed by atoms with Gasteiger partial charge in [-0.25, -0.2) is 9.78 Å². The summed E-state index contributed by atoms with van der Waals surface area (Å²) in [5, 5.41) is 13.6. The molecule has 1 aliphatic carbocycles. The number of ether oxygens (including phenoxy) is 1. The predicted octanol–water partition coefficient (Wildman–Crippen LogP) is 5.39. The van der Waals surface area contributed by atoms with E-state index >= 15 is 0 Å². The van der Waals surface area contributed by atoms with Gasteiger partial charge in [0.25, 0.3) is 0 Å². The summed E-state index contributed by atoms with van der Waals surface area (Å²) in [6.07, 6.45) is 6.18. The van der Waals surface area contributed by atoms with Crippen LogP contribution in [0.15, 0.2) is 17.2 Å². The summed E-state index contributed by atoms with van der Waals surface area (Å²) in [5.41, 5.74) is 3.03. The van der Waals surface area contributed by atoms with Crippen molar-refractivity contribution in [3.8, 4) is 6.07 Å². The number of esters is 1. The highest BCUT2D eigenvalue weighted by atomic mass is 32.2. The molecule has 2 heterocycles. The van der Waals surface area contributed by atoms with Crippen LogP contribution in [-0.4, -0.2) is 29.7 Å². The van der Waals surface area contributed by atoms with Gasteiger partial charge in [-0.1, -0.05) is 20.3 Å². The number of amides is 1. The monoisotopic (exact) mass is 471 g/mol. The second-order valence-corrected chi connectivity index (χ2v) is 10.5. The molecule has 6 nitrogen and oxygen atoms in total. The third-order valence-corrected chi connectivity index (χ3v) is 7.49. The average Bonchev–Trinajstić information content (AvgIpc) is 2.93. The molecular weight excluding hydrogens is 442 g/mol. The van der Waals surface area contributed by atoms with Gasteiger partial charge in [-0.2, -0.15) is 5.26 Å². The molecular formula is C24H29N3O3S2. The summed E-state index contributed by atoms with van der Waals surface area (Å²) >= 11 is 2.91. The number of rotatable bonds is 8. The van der Waals surface area contributed by atoms with E-state index < -0.39 is 0 Å². The van der Waals surface area contributed by atoms with Crippen molar-refractivity contribution in [2.45, 2.75) is 63.8 Å². The molecule has 0 bridgehead atoms. The number of nitrogens with zero attached hydrogens (tertiary/aromatic N) is 2. The van der Waals surface area contributed by atoms with Crippen molar-refractivity contribution in [1.29, 1.82) is 5.26 Å². The van der Waals surface area contributed by atoms with E-state index in [2.05, 4.69) is 30.2 Å². The first-order valence-electron chi connectivity index (χ1n) is 11.0. The van der Waals surface area contributed by atoms with E-state index in [1.807, 2.05) is 6.07 Å². The van der Waals surface area contributed by atoms with Gasteiger partial charge in [0, 0.05) is 22.7 Å². The van der Waals surface area contributed by atoms with Crippen LogP contribution in [0.4, 0.5) is 5.00 Å². The molecule has 2 aromatic rings. The Morgan fingerprint density at radius 2 is 2.06 bits per heavy atom. The number of methoxy groups -OCH3 is 1. The molecule has 1 N–H and O–H groups in total. The summed E-state index contributed by atoms with van der Waals surface area (Å²) in [4.78, 5) is 30.9. The minimum Gasteiger partial charge on any atom is -0.465 e. The number of aryl methyl sites for hydroxylation is 1. The highest BCUT2D eigenvalue weighted by Gasteiger charge is 2.26. The van der Waals surface area contributed by atoms with E-state index in [0.717, 1.165) is 49.8 Å². The highest BCUT2D eigenvalue weighted by Crippen LogP contribution is 2.38. The van der Waals surface area contributed by atoms with Gasteiger partial charge in [0.2, 0.25) is 5.91 Å². The number of thiophene rings is 1. The van der Waals surface area contributed by atoms with Crippen molar-refractivity contribution in [2.75, 3.05) is 18.2 Å². The molecule has 170 valence electrons. The Hall–Kier alpha value is -2.37.